The van der Waals surface area contributed by atoms with Crippen molar-refractivity contribution < 1.29 is 9.47 Å². The van der Waals surface area contributed by atoms with Gasteiger partial charge in [0, 0.05) is 99.1 Å². The van der Waals surface area contributed by atoms with Crippen molar-refractivity contribution >= 4 is 132 Å². The number of rotatable bonds is 9. The van der Waals surface area contributed by atoms with Crippen LogP contribution in [0.2, 0.25) is 0 Å². The Hall–Kier alpha value is -14.6. The minimum absolute atomic E-state index is 0.0612. The number of hydrogen-bond donors (Lipinski definition) is 0. The van der Waals surface area contributed by atoms with Gasteiger partial charge in [0.1, 0.15) is 23.0 Å². The van der Waals surface area contributed by atoms with Crippen LogP contribution < -0.4 is 25.9 Å². The average molecular weight is 1510 g/mol. The topological polar surface area (TPSA) is 43.1 Å². The maximum atomic E-state index is 8.00. The first-order chi connectivity index (χ1) is 57.8. The van der Waals surface area contributed by atoms with Crippen LogP contribution in [0.3, 0.4) is 0 Å². The van der Waals surface area contributed by atoms with Gasteiger partial charge in [-0.3, -0.25) is 0 Å². The van der Waals surface area contributed by atoms with Gasteiger partial charge in [0.2, 0.25) is 0 Å². The van der Waals surface area contributed by atoms with Crippen LogP contribution in [0.25, 0.3) is 182 Å². The van der Waals surface area contributed by atoms with Gasteiger partial charge in [-0.05, 0) is 188 Å². The summed E-state index contributed by atoms with van der Waals surface area (Å²) in [5.74, 6) is 3.04. The summed E-state index contributed by atoms with van der Waals surface area (Å²) >= 11 is 0. The SMILES string of the molecule is CC(C)(C)c1ccc2c(c1)c1cc(C(C)(C)C)ccc1n2-c1ccc2c(c1)Oc1cc(-c3c(-c4cccc5c4c4ccccc4n5-c4ccccc4)cccc3-n3c4ccccc4c4ccccc43)cc3c1B2c1ccc(-c2c(-c4cccc5c6ccccc6n(-c6ccccc6)c45)cccc2-n2c4ccccc4c4ccccc42)cc1O3. The van der Waals surface area contributed by atoms with Crippen LogP contribution in [0.15, 0.2) is 364 Å². The van der Waals surface area contributed by atoms with Gasteiger partial charge in [0.05, 0.1) is 66.5 Å². The van der Waals surface area contributed by atoms with E-state index in [1.54, 1.807) is 0 Å². The molecule has 0 fully saturated rings. The molecule has 7 nitrogen and oxygen atoms in total. The van der Waals surface area contributed by atoms with Crippen LogP contribution in [0, 0.1) is 0 Å². The van der Waals surface area contributed by atoms with Gasteiger partial charge in [-0.2, -0.15) is 0 Å². The summed E-state index contributed by atoms with van der Waals surface area (Å²) in [7, 11) is 0. The van der Waals surface area contributed by atoms with Gasteiger partial charge >= 0.3 is 0 Å². The van der Waals surface area contributed by atoms with Crippen molar-refractivity contribution in [3.63, 3.8) is 0 Å². The molecule has 22 aromatic rings. The third kappa shape index (κ3) is 10.0. The number of benzene rings is 17. The number of nitrogens with zero attached hydrogens (tertiary/aromatic N) is 5. The Kier molecular flexibility index (Phi) is 14.6. The summed E-state index contributed by atoms with van der Waals surface area (Å²) in [6.45, 7) is 13.6. The fourth-order valence-corrected chi connectivity index (χ4v) is 20.2. The van der Waals surface area contributed by atoms with Crippen molar-refractivity contribution in [3.05, 3.63) is 375 Å². The highest BCUT2D eigenvalue weighted by Crippen LogP contribution is 2.52. The van der Waals surface area contributed by atoms with Crippen molar-refractivity contribution in [3.8, 4) is 95.9 Å². The zero-order valence-corrected chi connectivity index (χ0v) is 66.3. The van der Waals surface area contributed by atoms with E-state index in [-0.39, 0.29) is 17.5 Å². The average Bonchev–Trinajstić information content (AvgIpc) is 1.71. The fraction of sp³-hybridized carbons (Fsp3) is 0.0727. The Balaban J connectivity index is 0.786. The Labute approximate surface area is 683 Å². The van der Waals surface area contributed by atoms with E-state index in [1.165, 1.54) is 65.0 Å². The molecule has 2 aliphatic rings. The van der Waals surface area contributed by atoms with Gasteiger partial charge in [-0.1, -0.05) is 272 Å². The zero-order valence-electron chi connectivity index (χ0n) is 66.3. The van der Waals surface area contributed by atoms with Crippen LogP contribution in [0.1, 0.15) is 52.7 Å². The molecule has 118 heavy (non-hydrogen) atoms. The molecule has 0 unspecified atom stereocenters. The Morgan fingerprint density at radius 3 is 1.14 bits per heavy atom. The summed E-state index contributed by atoms with van der Waals surface area (Å²) in [6, 6.07) is 135. The molecule has 17 aromatic carbocycles. The molecular weight excluding hydrogens is 1430 g/mol. The second kappa shape index (κ2) is 25.5. The molecule has 0 atom stereocenters. The number of fused-ring (bicyclic) bond motifs is 19. The molecule has 0 radical (unpaired) electrons. The standard InChI is InChI=1S/C110H78BN5O2/c1-109(2,3)69-54-59-95-85(64-69)86-65-70(110(4,5)6)55-60-96(86)113(95)73-56-58-88-101(66-73)118-103-63-68(105-79(39-26-51-98(105)116-92-47-22-15-35-76(92)77-36-16-23-48-93(77)116)80-40-27-52-99-106(80)84-38-18-24-49-94(84)112(99)71-29-9-7-10-30-71)62-102-107(103)111(88)87-57-53-67(61-100(87)117-102)104-81(41-28-50-97(104)115-90-45-20-13-33-74(90)75-34-14-21-46-91(75)115)83-43-25-42-82-78-37-17-19-44-89(78)114(108(82)83)72-31-11-8-12-32-72/h7-66H,1-6H3. The van der Waals surface area contributed by atoms with Crippen LogP contribution in [0.5, 0.6) is 23.0 Å². The molecule has 0 aliphatic carbocycles. The molecule has 0 amide bonds. The predicted octanol–water partition coefficient (Wildman–Crippen LogP) is 27.2. The van der Waals surface area contributed by atoms with Crippen LogP contribution in [-0.2, 0) is 10.8 Å². The highest BCUT2D eigenvalue weighted by atomic mass is 16.5. The first-order valence-corrected chi connectivity index (χ1v) is 41.2. The highest BCUT2D eigenvalue weighted by Gasteiger charge is 2.42. The van der Waals surface area contributed by atoms with E-state index in [2.05, 4.69) is 428 Å². The van der Waals surface area contributed by atoms with Crippen LogP contribution in [0.4, 0.5) is 0 Å². The summed E-state index contributed by atoms with van der Waals surface area (Å²) < 4.78 is 28.2. The zero-order chi connectivity index (χ0) is 78.6. The minimum Gasteiger partial charge on any atom is -0.458 e. The Morgan fingerprint density at radius 2 is 0.610 bits per heavy atom. The number of ether oxygens (including phenoxy) is 2. The van der Waals surface area contributed by atoms with E-state index in [1.807, 2.05) is 0 Å². The van der Waals surface area contributed by atoms with Crippen molar-refractivity contribution in [1.29, 1.82) is 0 Å². The first kappa shape index (κ1) is 67.9. The largest absolute Gasteiger partial charge is 0.458 e. The number of para-hydroxylation sites is 9. The molecule has 0 spiro atoms. The molecule has 2 aliphatic heterocycles. The fourth-order valence-electron chi connectivity index (χ4n) is 20.2. The molecule has 7 heterocycles. The van der Waals surface area contributed by atoms with Gasteiger partial charge in [0.15, 0.2) is 0 Å². The Morgan fingerprint density at radius 1 is 0.237 bits per heavy atom. The maximum absolute atomic E-state index is 8.00. The second-order valence-corrected chi connectivity index (χ2v) is 34.2. The quantitative estimate of drug-likeness (QED) is 0.135. The summed E-state index contributed by atoms with van der Waals surface area (Å²) in [5, 5.41) is 11.9. The third-order valence-corrected chi connectivity index (χ3v) is 25.5. The molecule has 0 bridgehead atoms. The summed E-state index contributed by atoms with van der Waals surface area (Å²) in [6.07, 6.45) is 0. The normalized spacial score (nSPS) is 12.8. The summed E-state index contributed by atoms with van der Waals surface area (Å²) in [5.41, 5.74) is 30.7. The molecule has 8 heteroatoms. The lowest BCUT2D eigenvalue weighted by Gasteiger charge is -2.34. The van der Waals surface area contributed by atoms with Gasteiger partial charge in [-0.25, -0.2) is 0 Å². The Bertz CT molecular complexity index is 7850. The molecule has 24 rings (SSSR count). The van der Waals surface area contributed by atoms with Gasteiger partial charge in [0.25, 0.3) is 6.71 Å². The van der Waals surface area contributed by atoms with E-state index in [0.29, 0.717) is 0 Å². The minimum atomic E-state index is -0.316. The van der Waals surface area contributed by atoms with Crippen molar-refractivity contribution in [2.45, 2.75) is 52.4 Å². The van der Waals surface area contributed by atoms with Gasteiger partial charge < -0.3 is 32.3 Å². The van der Waals surface area contributed by atoms with Crippen LogP contribution in [-0.4, -0.2) is 29.5 Å². The van der Waals surface area contributed by atoms with E-state index < -0.39 is 0 Å². The van der Waals surface area contributed by atoms with Crippen molar-refractivity contribution in [1.82, 2.24) is 22.8 Å². The lowest BCUT2D eigenvalue weighted by atomic mass is 9.34. The lowest BCUT2D eigenvalue weighted by Crippen LogP contribution is -2.57. The van der Waals surface area contributed by atoms with E-state index >= 15 is 0 Å². The predicted molar refractivity (Wildman–Crippen MR) is 495 cm³/mol. The first-order valence-electron chi connectivity index (χ1n) is 41.2. The van der Waals surface area contributed by atoms with Crippen molar-refractivity contribution in [2.24, 2.45) is 0 Å². The molecule has 0 saturated heterocycles. The second-order valence-electron chi connectivity index (χ2n) is 34.2. The molecule has 558 valence electrons. The molecular formula is C110H78BN5O2. The van der Waals surface area contributed by atoms with Gasteiger partial charge in [-0.15, -0.1) is 0 Å². The molecule has 5 aromatic heterocycles. The monoisotopic (exact) mass is 1510 g/mol. The smallest absolute Gasteiger partial charge is 0.260 e. The number of hydrogen-bond acceptors (Lipinski definition) is 2. The molecule has 0 N–H and O–H groups in total. The van der Waals surface area contributed by atoms with Crippen molar-refractivity contribution in [2.75, 3.05) is 0 Å². The summed E-state index contributed by atoms with van der Waals surface area (Å²) in [4.78, 5) is 0. The third-order valence-electron chi connectivity index (χ3n) is 25.5. The maximum Gasteiger partial charge on any atom is 0.260 e. The number of aromatic nitrogens is 5. The highest BCUT2D eigenvalue weighted by molar-refractivity contribution is 6.98. The molecule has 0 saturated carbocycles. The van der Waals surface area contributed by atoms with Crippen LogP contribution >= 0.6 is 0 Å². The van der Waals surface area contributed by atoms with E-state index in [9.17, 15) is 0 Å². The lowest BCUT2D eigenvalue weighted by molar-refractivity contribution is 0.465. The van der Waals surface area contributed by atoms with E-state index in [0.717, 1.165) is 167 Å². The van der Waals surface area contributed by atoms with E-state index in [4.69, 9.17) is 9.47 Å².